The molecular weight excluding hydrogens is 342 g/mol. The molecule has 2 aromatic carbocycles. The highest BCUT2D eigenvalue weighted by atomic mass is 79.9. The highest BCUT2D eigenvalue weighted by molar-refractivity contribution is 9.10. The van der Waals surface area contributed by atoms with Crippen LogP contribution in [0.15, 0.2) is 46.9 Å². The lowest BCUT2D eigenvalue weighted by Crippen LogP contribution is -2.06. The second-order valence-corrected chi connectivity index (χ2v) is 5.28. The third-order valence-corrected chi connectivity index (χ3v) is 3.43. The summed E-state index contributed by atoms with van der Waals surface area (Å²) in [5.74, 6) is -1.35. The summed E-state index contributed by atoms with van der Waals surface area (Å²) in [6.07, 6.45) is 0. The Morgan fingerprint density at radius 2 is 1.81 bits per heavy atom. The van der Waals surface area contributed by atoms with Gasteiger partial charge in [-0.15, -0.1) is 10.2 Å². The average Bonchev–Trinajstić information content (AvgIpc) is 2.93. The standard InChI is InChI=1S/C14H9BrF2N4/c15-11-6-4-9(5-7-11)14-18-20-21(19-14)8-10-2-1-3-12(16)13(10)17/h1-7H,8H2. The molecule has 7 heteroatoms. The number of hydrogen-bond acceptors (Lipinski definition) is 3. The van der Waals surface area contributed by atoms with Crippen molar-refractivity contribution in [3.8, 4) is 11.4 Å². The van der Waals surface area contributed by atoms with Crippen LogP contribution in [0.4, 0.5) is 8.78 Å². The van der Waals surface area contributed by atoms with Crippen LogP contribution < -0.4 is 0 Å². The minimum Gasteiger partial charge on any atom is -0.204 e. The quantitative estimate of drug-likeness (QED) is 0.726. The number of benzene rings is 2. The van der Waals surface area contributed by atoms with E-state index in [1.54, 1.807) is 0 Å². The molecule has 0 saturated heterocycles. The smallest absolute Gasteiger partial charge is 0.204 e. The second-order valence-electron chi connectivity index (χ2n) is 4.36. The third-order valence-electron chi connectivity index (χ3n) is 2.90. The molecule has 106 valence electrons. The van der Waals surface area contributed by atoms with Crippen molar-refractivity contribution < 1.29 is 8.78 Å². The Hall–Kier alpha value is -2.15. The lowest BCUT2D eigenvalue weighted by atomic mass is 10.2. The summed E-state index contributed by atoms with van der Waals surface area (Å²) in [4.78, 5) is 1.23. The van der Waals surface area contributed by atoms with Crippen molar-refractivity contribution in [2.45, 2.75) is 6.54 Å². The van der Waals surface area contributed by atoms with Gasteiger partial charge in [0.05, 0.1) is 6.54 Å². The van der Waals surface area contributed by atoms with Crippen LogP contribution in [0.1, 0.15) is 5.56 Å². The van der Waals surface area contributed by atoms with E-state index in [-0.39, 0.29) is 12.1 Å². The number of hydrogen-bond donors (Lipinski definition) is 0. The van der Waals surface area contributed by atoms with Crippen LogP contribution in [0.2, 0.25) is 0 Å². The molecule has 1 aromatic heterocycles. The predicted octanol–water partition coefficient (Wildman–Crippen LogP) is 3.43. The Balaban J connectivity index is 1.85. The van der Waals surface area contributed by atoms with E-state index in [0.29, 0.717) is 5.82 Å². The summed E-state index contributed by atoms with van der Waals surface area (Å²) >= 11 is 3.34. The highest BCUT2D eigenvalue weighted by Crippen LogP contribution is 2.18. The first-order valence-corrected chi connectivity index (χ1v) is 6.89. The fourth-order valence-corrected chi connectivity index (χ4v) is 2.11. The molecule has 0 unspecified atom stereocenters. The lowest BCUT2D eigenvalue weighted by Gasteiger charge is -2.02. The Morgan fingerprint density at radius 3 is 2.57 bits per heavy atom. The molecule has 0 atom stereocenters. The molecule has 0 amide bonds. The summed E-state index contributed by atoms with van der Waals surface area (Å²) in [6.45, 7) is 0.0210. The number of rotatable bonds is 3. The zero-order valence-corrected chi connectivity index (χ0v) is 12.3. The predicted molar refractivity (Wildman–Crippen MR) is 76.4 cm³/mol. The first-order valence-electron chi connectivity index (χ1n) is 6.10. The number of tetrazole rings is 1. The molecule has 3 rings (SSSR count). The van der Waals surface area contributed by atoms with Crippen LogP contribution in [-0.4, -0.2) is 20.2 Å². The minimum atomic E-state index is -0.889. The SMILES string of the molecule is Fc1cccc(Cn2nnc(-c3ccc(Br)cc3)n2)c1F. The molecule has 0 fully saturated rings. The van der Waals surface area contributed by atoms with Crippen LogP contribution in [0, 0.1) is 11.6 Å². The molecule has 4 nitrogen and oxygen atoms in total. The van der Waals surface area contributed by atoms with Gasteiger partial charge in [0.25, 0.3) is 0 Å². The van der Waals surface area contributed by atoms with Gasteiger partial charge in [-0.2, -0.15) is 4.80 Å². The molecule has 0 bridgehead atoms. The minimum absolute atomic E-state index is 0.0210. The van der Waals surface area contributed by atoms with Gasteiger partial charge in [-0.1, -0.05) is 28.1 Å². The summed E-state index contributed by atoms with van der Waals surface area (Å²) in [7, 11) is 0. The van der Waals surface area contributed by atoms with Crippen molar-refractivity contribution in [1.82, 2.24) is 20.2 Å². The molecular formula is C14H9BrF2N4. The maximum atomic E-state index is 13.6. The second kappa shape index (κ2) is 5.69. The van der Waals surface area contributed by atoms with Crippen LogP contribution in [0.25, 0.3) is 11.4 Å². The first-order chi connectivity index (χ1) is 10.1. The van der Waals surface area contributed by atoms with Crippen molar-refractivity contribution in [3.63, 3.8) is 0 Å². The van der Waals surface area contributed by atoms with Crippen LogP contribution in [0.5, 0.6) is 0 Å². The molecule has 0 spiro atoms. The highest BCUT2D eigenvalue weighted by Gasteiger charge is 2.11. The van der Waals surface area contributed by atoms with Crippen molar-refractivity contribution in [2.24, 2.45) is 0 Å². The topological polar surface area (TPSA) is 43.6 Å². The third kappa shape index (κ3) is 2.97. The molecule has 0 N–H and O–H groups in total. The number of halogens is 3. The van der Waals surface area contributed by atoms with E-state index in [2.05, 4.69) is 31.3 Å². The molecule has 0 aliphatic rings. The van der Waals surface area contributed by atoms with E-state index in [1.807, 2.05) is 24.3 Å². The van der Waals surface area contributed by atoms with Gasteiger partial charge in [0, 0.05) is 15.6 Å². The molecule has 3 aromatic rings. The van der Waals surface area contributed by atoms with Gasteiger partial charge < -0.3 is 0 Å². The normalized spacial score (nSPS) is 10.8. The van der Waals surface area contributed by atoms with Crippen molar-refractivity contribution in [2.75, 3.05) is 0 Å². The van der Waals surface area contributed by atoms with Crippen LogP contribution in [-0.2, 0) is 6.54 Å². The largest absolute Gasteiger partial charge is 0.204 e. The van der Waals surface area contributed by atoms with E-state index in [9.17, 15) is 8.78 Å². The Kier molecular flexibility index (Phi) is 3.74. The number of aromatic nitrogens is 4. The zero-order chi connectivity index (χ0) is 14.8. The maximum absolute atomic E-state index is 13.6. The van der Waals surface area contributed by atoms with Gasteiger partial charge in [0.1, 0.15) is 0 Å². The monoisotopic (exact) mass is 350 g/mol. The Bertz CT molecular complexity index is 771. The first kappa shape index (κ1) is 13.8. The molecule has 1 heterocycles. The van der Waals surface area contributed by atoms with Gasteiger partial charge in [0.15, 0.2) is 11.6 Å². The molecule has 0 radical (unpaired) electrons. The van der Waals surface area contributed by atoms with Crippen molar-refractivity contribution >= 4 is 15.9 Å². The van der Waals surface area contributed by atoms with Gasteiger partial charge in [0.2, 0.25) is 5.82 Å². The van der Waals surface area contributed by atoms with E-state index < -0.39 is 11.6 Å². The van der Waals surface area contributed by atoms with E-state index in [4.69, 9.17) is 0 Å². The molecule has 0 aliphatic carbocycles. The zero-order valence-electron chi connectivity index (χ0n) is 10.7. The van der Waals surface area contributed by atoms with Gasteiger partial charge in [-0.3, -0.25) is 0 Å². The van der Waals surface area contributed by atoms with E-state index >= 15 is 0 Å². The lowest BCUT2D eigenvalue weighted by molar-refractivity contribution is 0.481. The summed E-state index contributed by atoms with van der Waals surface area (Å²) in [6, 6.07) is 11.4. The maximum Gasteiger partial charge on any atom is 0.204 e. The van der Waals surface area contributed by atoms with Crippen LogP contribution in [0.3, 0.4) is 0 Å². The van der Waals surface area contributed by atoms with E-state index in [0.717, 1.165) is 16.1 Å². The summed E-state index contributed by atoms with van der Waals surface area (Å²) in [5, 5.41) is 11.9. The Labute approximate surface area is 127 Å². The van der Waals surface area contributed by atoms with Gasteiger partial charge in [-0.05, 0) is 35.5 Å². The fourth-order valence-electron chi connectivity index (χ4n) is 1.85. The molecule has 0 saturated carbocycles. The Morgan fingerprint density at radius 1 is 1.05 bits per heavy atom. The van der Waals surface area contributed by atoms with Crippen LogP contribution >= 0.6 is 15.9 Å². The number of nitrogens with zero attached hydrogens (tertiary/aromatic N) is 4. The summed E-state index contributed by atoms with van der Waals surface area (Å²) < 4.78 is 27.7. The van der Waals surface area contributed by atoms with Crippen molar-refractivity contribution in [3.05, 3.63) is 64.1 Å². The van der Waals surface area contributed by atoms with Crippen molar-refractivity contribution in [1.29, 1.82) is 0 Å². The summed E-state index contributed by atoms with van der Waals surface area (Å²) in [5.41, 5.74) is 0.971. The van der Waals surface area contributed by atoms with E-state index in [1.165, 1.54) is 16.9 Å². The van der Waals surface area contributed by atoms with Gasteiger partial charge >= 0.3 is 0 Å². The average molecular weight is 351 g/mol. The molecule has 21 heavy (non-hydrogen) atoms. The molecule has 0 aliphatic heterocycles. The van der Waals surface area contributed by atoms with Gasteiger partial charge in [-0.25, -0.2) is 8.78 Å². The fraction of sp³-hybridized carbons (Fsp3) is 0.0714.